The molecule has 3 N–H and O–H groups in total. The summed E-state index contributed by atoms with van der Waals surface area (Å²) in [6, 6.07) is 7.88. The van der Waals surface area contributed by atoms with E-state index in [1.54, 1.807) is 4.68 Å². The predicted molar refractivity (Wildman–Crippen MR) is 82.8 cm³/mol. The molecule has 0 bridgehead atoms. The van der Waals surface area contributed by atoms with Crippen LogP contribution in [0.2, 0.25) is 0 Å². The van der Waals surface area contributed by atoms with Crippen LogP contribution >= 0.6 is 0 Å². The summed E-state index contributed by atoms with van der Waals surface area (Å²) in [7, 11) is 3.91. The van der Waals surface area contributed by atoms with E-state index in [4.69, 9.17) is 5.73 Å². The highest BCUT2D eigenvalue weighted by molar-refractivity contribution is 5.73. The number of hydrogen-bond acceptors (Lipinski definition) is 5. The van der Waals surface area contributed by atoms with Gasteiger partial charge in [-0.1, -0.05) is 18.2 Å². The van der Waals surface area contributed by atoms with Gasteiger partial charge < -0.3 is 15.7 Å². The summed E-state index contributed by atoms with van der Waals surface area (Å²) in [5.74, 6) is -0.669. The first-order valence-corrected chi connectivity index (χ1v) is 7.15. The highest BCUT2D eigenvalue weighted by Crippen LogP contribution is 2.37. The van der Waals surface area contributed by atoms with Crippen molar-refractivity contribution in [3.05, 3.63) is 35.7 Å². The number of carbonyl (C=O) groups is 1. The number of carboxylic acids is 1. The molecule has 7 nitrogen and oxygen atoms in total. The molecule has 0 fully saturated rings. The molecular weight excluding hydrogens is 282 g/mol. The Morgan fingerprint density at radius 3 is 2.82 bits per heavy atom. The lowest BCUT2D eigenvalue weighted by Crippen LogP contribution is -2.34. The summed E-state index contributed by atoms with van der Waals surface area (Å²) in [5, 5.41) is 13.8. The van der Waals surface area contributed by atoms with E-state index in [-0.39, 0.29) is 11.9 Å². The van der Waals surface area contributed by atoms with Crippen molar-refractivity contribution in [3.63, 3.8) is 0 Å². The first kappa shape index (κ1) is 14.4. The molecular formula is C15H19N5O2. The number of rotatable bonds is 3. The Kier molecular flexibility index (Phi) is 3.48. The smallest absolute Gasteiger partial charge is 0.307 e. The van der Waals surface area contributed by atoms with Crippen molar-refractivity contribution < 1.29 is 9.90 Å². The number of benzene rings is 1. The maximum Gasteiger partial charge on any atom is 0.307 e. The van der Waals surface area contributed by atoms with Gasteiger partial charge in [-0.15, -0.1) is 5.10 Å². The van der Waals surface area contributed by atoms with Gasteiger partial charge in [-0.25, -0.2) is 4.68 Å². The number of para-hydroxylation sites is 1. The molecule has 0 saturated heterocycles. The fourth-order valence-corrected chi connectivity index (χ4v) is 3.13. The number of carboxylic acid groups (broad SMARTS) is 1. The van der Waals surface area contributed by atoms with E-state index < -0.39 is 11.9 Å². The van der Waals surface area contributed by atoms with Crippen molar-refractivity contribution in [2.24, 2.45) is 5.92 Å². The van der Waals surface area contributed by atoms with Crippen molar-refractivity contribution in [1.82, 2.24) is 14.8 Å². The van der Waals surface area contributed by atoms with Crippen LogP contribution < -0.4 is 10.6 Å². The van der Waals surface area contributed by atoms with Gasteiger partial charge >= 0.3 is 5.97 Å². The van der Waals surface area contributed by atoms with Crippen LogP contribution in [0.4, 0.5) is 11.6 Å². The highest BCUT2D eigenvalue weighted by atomic mass is 16.4. The Morgan fingerprint density at radius 2 is 2.14 bits per heavy atom. The van der Waals surface area contributed by atoms with Crippen LogP contribution in [0.5, 0.6) is 0 Å². The van der Waals surface area contributed by atoms with Crippen LogP contribution in [-0.4, -0.2) is 39.9 Å². The van der Waals surface area contributed by atoms with E-state index >= 15 is 0 Å². The number of nitrogens with zero attached hydrogens (tertiary/aromatic N) is 4. The molecule has 0 aliphatic carbocycles. The number of anilines is 2. The molecule has 2 atom stereocenters. The van der Waals surface area contributed by atoms with Gasteiger partial charge in [-0.3, -0.25) is 4.79 Å². The lowest BCUT2D eigenvalue weighted by atomic mass is 9.80. The second-order valence-corrected chi connectivity index (χ2v) is 5.78. The molecule has 7 heteroatoms. The standard InChI is InChI=1S/C15H19N5O2/c1-19(2)12-6-4-3-5-9(12)11-8-20-13(17-15(16)18-20)7-10(11)14(21)22/h3-6,10-11H,7-8H2,1-2H3,(H2,16,18)(H,21,22). The fourth-order valence-electron chi connectivity index (χ4n) is 3.13. The molecule has 2 aromatic rings. The van der Waals surface area contributed by atoms with Crippen molar-refractivity contribution >= 4 is 17.6 Å². The van der Waals surface area contributed by atoms with Gasteiger partial charge in [-0.05, 0) is 11.6 Å². The summed E-state index contributed by atoms with van der Waals surface area (Å²) in [5.41, 5.74) is 7.68. The fraction of sp³-hybridized carbons (Fsp3) is 0.400. The van der Waals surface area contributed by atoms with Crippen LogP contribution in [0.15, 0.2) is 24.3 Å². The zero-order valence-corrected chi connectivity index (χ0v) is 12.6. The van der Waals surface area contributed by atoms with E-state index in [9.17, 15) is 9.90 Å². The minimum absolute atomic E-state index is 0.162. The Balaban J connectivity index is 2.06. The highest BCUT2D eigenvalue weighted by Gasteiger charge is 2.37. The molecule has 2 unspecified atom stereocenters. The van der Waals surface area contributed by atoms with Gasteiger partial charge in [0.1, 0.15) is 5.82 Å². The Hall–Kier alpha value is -2.57. The van der Waals surface area contributed by atoms with E-state index in [2.05, 4.69) is 10.1 Å². The first-order chi connectivity index (χ1) is 10.5. The van der Waals surface area contributed by atoms with E-state index in [1.807, 2.05) is 43.3 Å². The Labute approximate surface area is 128 Å². The van der Waals surface area contributed by atoms with Gasteiger partial charge in [0, 0.05) is 32.1 Å². The summed E-state index contributed by atoms with van der Waals surface area (Å²) >= 11 is 0. The van der Waals surface area contributed by atoms with Gasteiger partial charge in [0.15, 0.2) is 0 Å². The summed E-state index contributed by atoms with van der Waals surface area (Å²) in [6.07, 6.45) is 0.339. The van der Waals surface area contributed by atoms with Crippen LogP contribution in [0.3, 0.4) is 0 Å². The molecule has 0 spiro atoms. The number of nitrogens with two attached hydrogens (primary N) is 1. The lowest BCUT2D eigenvalue weighted by molar-refractivity contribution is -0.143. The molecule has 3 rings (SSSR count). The van der Waals surface area contributed by atoms with Crippen LogP contribution in [0.1, 0.15) is 17.3 Å². The number of fused-ring (bicyclic) bond motifs is 1. The van der Waals surface area contributed by atoms with Crippen molar-refractivity contribution in [1.29, 1.82) is 0 Å². The third kappa shape index (κ3) is 2.38. The Morgan fingerprint density at radius 1 is 1.41 bits per heavy atom. The molecule has 1 aliphatic rings. The number of aromatic nitrogens is 3. The number of hydrogen-bond donors (Lipinski definition) is 2. The van der Waals surface area contributed by atoms with Gasteiger partial charge in [-0.2, -0.15) is 4.98 Å². The summed E-state index contributed by atoms with van der Waals surface area (Å²) in [4.78, 5) is 17.9. The number of nitrogen functional groups attached to an aromatic ring is 1. The molecule has 0 saturated carbocycles. The van der Waals surface area contributed by atoms with E-state index in [0.717, 1.165) is 11.3 Å². The molecule has 0 amide bonds. The Bertz CT molecular complexity index is 710. The minimum Gasteiger partial charge on any atom is -0.481 e. The monoisotopic (exact) mass is 301 g/mol. The molecule has 1 aromatic carbocycles. The number of aliphatic carboxylic acids is 1. The van der Waals surface area contributed by atoms with Crippen molar-refractivity contribution in [2.45, 2.75) is 18.9 Å². The zero-order chi connectivity index (χ0) is 15.9. The third-order valence-electron chi connectivity index (χ3n) is 4.16. The van der Waals surface area contributed by atoms with Crippen molar-refractivity contribution in [2.75, 3.05) is 24.7 Å². The summed E-state index contributed by atoms with van der Waals surface area (Å²) < 4.78 is 1.73. The topological polar surface area (TPSA) is 97.3 Å². The molecule has 1 aromatic heterocycles. The second kappa shape index (κ2) is 5.32. The maximum atomic E-state index is 11.7. The second-order valence-electron chi connectivity index (χ2n) is 5.78. The zero-order valence-electron chi connectivity index (χ0n) is 12.6. The van der Waals surface area contributed by atoms with E-state index in [1.165, 1.54) is 0 Å². The largest absolute Gasteiger partial charge is 0.481 e. The average molecular weight is 301 g/mol. The van der Waals surface area contributed by atoms with Crippen LogP contribution in [0.25, 0.3) is 0 Å². The lowest BCUT2D eigenvalue weighted by Gasteiger charge is -2.31. The van der Waals surface area contributed by atoms with E-state index in [0.29, 0.717) is 18.8 Å². The normalized spacial score (nSPS) is 20.5. The quantitative estimate of drug-likeness (QED) is 0.876. The molecule has 2 heterocycles. The molecule has 1 aliphatic heterocycles. The molecule has 22 heavy (non-hydrogen) atoms. The van der Waals surface area contributed by atoms with Crippen LogP contribution in [0, 0.1) is 5.92 Å². The maximum absolute atomic E-state index is 11.7. The summed E-state index contributed by atoms with van der Waals surface area (Å²) in [6.45, 7) is 0.474. The molecule has 0 radical (unpaired) electrons. The van der Waals surface area contributed by atoms with Crippen molar-refractivity contribution in [3.8, 4) is 0 Å². The van der Waals surface area contributed by atoms with Gasteiger partial charge in [0.2, 0.25) is 5.95 Å². The third-order valence-corrected chi connectivity index (χ3v) is 4.16. The predicted octanol–water partition coefficient (Wildman–Crippen LogP) is 0.967. The minimum atomic E-state index is -0.814. The van der Waals surface area contributed by atoms with Gasteiger partial charge in [0.05, 0.1) is 12.5 Å². The van der Waals surface area contributed by atoms with Gasteiger partial charge in [0.25, 0.3) is 0 Å². The van der Waals surface area contributed by atoms with Crippen LogP contribution in [-0.2, 0) is 17.8 Å². The molecule has 116 valence electrons. The average Bonchev–Trinajstić information content (AvgIpc) is 2.84. The first-order valence-electron chi connectivity index (χ1n) is 7.15. The SMILES string of the molecule is CN(C)c1ccccc1C1Cn2nc(N)nc2CC1C(=O)O.